The number of aromatic nitrogens is 2. The Morgan fingerprint density at radius 1 is 1.16 bits per heavy atom. The summed E-state index contributed by atoms with van der Waals surface area (Å²) in [6, 6.07) is 16.0. The molecule has 1 N–H and O–H groups in total. The molecule has 0 atom stereocenters. The summed E-state index contributed by atoms with van der Waals surface area (Å²) in [7, 11) is 4.09. The fourth-order valence-electron chi connectivity index (χ4n) is 3.43. The first kappa shape index (κ1) is 15.8. The van der Waals surface area contributed by atoms with E-state index in [1.54, 1.807) is 0 Å². The predicted molar refractivity (Wildman–Crippen MR) is 105 cm³/mol. The Morgan fingerprint density at radius 3 is 2.76 bits per heavy atom. The summed E-state index contributed by atoms with van der Waals surface area (Å²) in [5, 5.41) is 8.76. The monoisotopic (exact) mass is 350 g/mol. The number of fused-ring (bicyclic) bond motifs is 3. The van der Waals surface area contributed by atoms with Gasteiger partial charge < -0.3 is 10.2 Å². The van der Waals surface area contributed by atoms with Gasteiger partial charge in [0.15, 0.2) is 0 Å². The standard InChI is InChI=1S/C20H19ClN4/c1-13(22-15-8-6-7-14(21)11-15)19-17-12-24(2)18-10-5-4-9-16(18)20(17)25(3)23-19/h4-11,22H,1,12H2,2-3H3. The molecule has 0 radical (unpaired) electrons. The molecule has 3 aromatic rings. The topological polar surface area (TPSA) is 33.1 Å². The van der Waals surface area contributed by atoms with Crippen LogP contribution in [0.5, 0.6) is 0 Å². The van der Waals surface area contributed by atoms with Gasteiger partial charge in [-0.2, -0.15) is 5.10 Å². The number of para-hydroxylation sites is 1. The van der Waals surface area contributed by atoms with Crippen molar-refractivity contribution in [2.24, 2.45) is 7.05 Å². The van der Waals surface area contributed by atoms with Crippen LogP contribution in [0.25, 0.3) is 17.0 Å². The number of rotatable bonds is 3. The molecule has 25 heavy (non-hydrogen) atoms. The van der Waals surface area contributed by atoms with E-state index >= 15 is 0 Å². The molecule has 1 aliphatic rings. The van der Waals surface area contributed by atoms with Crippen LogP contribution in [0.4, 0.5) is 11.4 Å². The molecule has 5 heteroatoms. The molecule has 0 bridgehead atoms. The molecule has 4 nitrogen and oxygen atoms in total. The summed E-state index contributed by atoms with van der Waals surface area (Å²) in [6.07, 6.45) is 0. The number of nitrogens with zero attached hydrogens (tertiary/aromatic N) is 3. The Kier molecular flexibility index (Phi) is 3.77. The quantitative estimate of drug-likeness (QED) is 0.738. The summed E-state index contributed by atoms with van der Waals surface area (Å²) in [5.74, 6) is 0. The third-order valence-electron chi connectivity index (χ3n) is 4.52. The molecule has 1 aliphatic heterocycles. The van der Waals surface area contributed by atoms with Gasteiger partial charge in [-0.3, -0.25) is 4.68 Å². The lowest BCUT2D eigenvalue weighted by Gasteiger charge is -2.28. The van der Waals surface area contributed by atoms with Crippen molar-refractivity contribution >= 4 is 28.7 Å². The van der Waals surface area contributed by atoms with Crippen molar-refractivity contribution in [1.29, 1.82) is 0 Å². The van der Waals surface area contributed by atoms with E-state index in [2.05, 4.69) is 48.1 Å². The summed E-state index contributed by atoms with van der Waals surface area (Å²) < 4.78 is 1.95. The Hall–Kier alpha value is -2.72. The van der Waals surface area contributed by atoms with Crippen LogP contribution in [0.2, 0.25) is 5.02 Å². The minimum Gasteiger partial charge on any atom is -0.370 e. The van der Waals surface area contributed by atoms with Crippen molar-refractivity contribution in [2.45, 2.75) is 6.54 Å². The number of anilines is 2. The summed E-state index contributed by atoms with van der Waals surface area (Å²) in [5.41, 5.74) is 7.31. The molecule has 2 aromatic carbocycles. The van der Waals surface area contributed by atoms with E-state index in [1.165, 1.54) is 16.8 Å². The lowest BCUT2D eigenvalue weighted by Crippen LogP contribution is -2.22. The highest BCUT2D eigenvalue weighted by molar-refractivity contribution is 6.30. The maximum absolute atomic E-state index is 6.07. The molecule has 1 aromatic heterocycles. The number of aryl methyl sites for hydroxylation is 1. The lowest BCUT2D eigenvalue weighted by atomic mass is 9.98. The van der Waals surface area contributed by atoms with Gasteiger partial charge in [-0.1, -0.05) is 42.4 Å². The van der Waals surface area contributed by atoms with Gasteiger partial charge in [0.25, 0.3) is 0 Å². The fourth-order valence-corrected chi connectivity index (χ4v) is 3.62. The van der Waals surface area contributed by atoms with E-state index in [9.17, 15) is 0 Å². The fraction of sp³-hybridized carbons (Fsp3) is 0.150. The number of hydrogen-bond donors (Lipinski definition) is 1. The third-order valence-corrected chi connectivity index (χ3v) is 4.75. The highest BCUT2D eigenvalue weighted by Gasteiger charge is 2.27. The first-order chi connectivity index (χ1) is 12.0. The number of hydrogen-bond acceptors (Lipinski definition) is 3. The molecule has 0 amide bonds. The van der Waals surface area contributed by atoms with Crippen LogP contribution >= 0.6 is 11.6 Å². The van der Waals surface area contributed by atoms with Crippen molar-refractivity contribution in [2.75, 3.05) is 17.3 Å². The van der Waals surface area contributed by atoms with Crippen LogP contribution in [0.1, 0.15) is 11.3 Å². The molecule has 0 unspecified atom stereocenters. The Labute approximate surface area is 152 Å². The van der Waals surface area contributed by atoms with E-state index in [-0.39, 0.29) is 0 Å². The molecule has 0 fully saturated rings. The average Bonchev–Trinajstić information content (AvgIpc) is 2.92. The molecule has 0 spiro atoms. The molecule has 0 saturated carbocycles. The number of halogens is 1. The normalized spacial score (nSPS) is 12.5. The van der Waals surface area contributed by atoms with Crippen LogP contribution in [0, 0.1) is 0 Å². The van der Waals surface area contributed by atoms with Gasteiger partial charge in [-0.25, -0.2) is 0 Å². The van der Waals surface area contributed by atoms with E-state index in [4.69, 9.17) is 16.7 Å². The van der Waals surface area contributed by atoms with Gasteiger partial charge >= 0.3 is 0 Å². The zero-order chi connectivity index (χ0) is 17.6. The van der Waals surface area contributed by atoms with Crippen LogP contribution < -0.4 is 10.2 Å². The van der Waals surface area contributed by atoms with Crippen molar-refractivity contribution in [1.82, 2.24) is 9.78 Å². The smallest absolute Gasteiger partial charge is 0.114 e. The Bertz CT molecular complexity index is 974. The van der Waals surface area contributed by atoms with Gasteiger partial charge in [0.05, 0.1) is 11.4 Å². The zero-order valence-electron chi connectivity index (χ0n) is 14.3. The summed E-state index contributed by atoms with van der Waals surface area (Å²) in [4.78, 5) is 2.25. The molecule has 2 heterocycles. The summed E-state index contributed by atoms with van der Waals surface area (Å²) in [6.45, 7) is 5.00. The molecule has 126 valence electrons. The van der Waals surface area contributed by atoms with Crippen LogP contribution in [-0.4, -0.2) is 16.8 Å². The molecular formula is C20H19ClN4. The maximum Gasteiger partial charge on any atom is 0.114 e. The van der Waals surface area contributed by atoms with E-state index in [1.807, 2.05) is 36.0 Å². The van der Waals surface area contributed by atoms with Gasteiger partial charge in [0, 0.05) is 48.2 Å². The Balaban J connectivity index is 1.75. The van der Waals surface area contributed by atoms with Gasteiger partial charge in [0.2, 0.25) is 0 Å². The highest BCUT2D eigenvalue weighted by Crippen LogP contribution is 2.40. The van der Waals surface area contributed by atoms with Crippen molar-refractivity contribution in [3.8, 4) is 11.3 Å². The first-order valence-corrected chi connectivity index (χ1v) is 8.50. The second kappa shape index (κ2) is 5.97. The second-order valence-corrected chi connectivity index (χ2v) is 6.72. The van der Waals surface area contributed by atoms with Gasteiger partial charge in [-0.05, 0) is 24.3 Å². The Morgan fingerprint density at radius 2 is 1.96 bits per heavy atom. The molecule has 4 rings (SSSR count). The zero-order valence-corrected chi connectivity index (χ0v) is 15.0. The molecule has 0 aliphatic carbocycles. The van der Waals surface area contributed by atoms with Crippen molar-refractivity contribution in [3.63, 3.8) is 0 Å². The number of benzene rings is 2. The molecule has 0 saturated heterocycles. The third kappa shape index (κ3) is 2.68. The van der Waals surface area contributed by atoms with Crippen molar-refractivity contribution < 1.29 is 0 Å². The van der Waals surface area contributed by atoms with Gasteiger partial charge in [-0.15, -0.1) is 0 Å². The van der Waals surface area contributed by atoms with Gasteiger partial charge in [0.1, 0.15) is 5.69 Å². The van der Waals surface area contributed by atoms with Crippen LogP contribution in [-0.2, 0) is 13.6 Å². The average molecular weight is 351 g/mol. The minimum absolute atomic E-state index is 0.689. The van der Waals surface area contributed by atoms with E-state index in [0.717, 1.165) is 29.3 Å². The largest absolute Gasteiger partial charge is 0.370 e. The maximum atomic E-state index is 6.07. The van der Waals surface area contributed by atoms with E-state index in [0.29, 0.717) is 5.02 Å². The SMILES string of the molecule is C=C(Nc1cccc(Cl)c1)c1nn(C)c2c1CN(C)c1ccccc1-2. The van der Waals surface area contributed by atoms with Crippen molar-refractivity contribution in [3.05, 3.63) is 71.4 Å². The predicted octanol–water partition coefficient (Wildman–Crippen LogP) is 4.77. The summed E-state index contributed by atoms with van der Waals surface area (Å²) >= 11 is 6.07. The highest BCUT2D eigenvalue weighted by atomic mass is 35.5. The lowest BCUT2D eigenvalue weighted by molar-refractivity contribution is 0.768. The second-order valence-electron chi connectivity index (χ2n) is 6.29. The minimum atomic E-state index is 0.689. The van der Waals surface area contributed by atoms with E-state index < -0.39 is 0 Å². The van der Waals surface area contributed by atoms with Crippen LogP contribution in [0.3, 0.4) is 0 Å². The number of nitrogens with one attached hydrogen (secondary N) is 1. The molecular weight excluding hydrogens is 332 g/mol. The van der Waals surface area contributed by atoms with Crippen LogP contribution in [0.15, 0.2) is 55.1 Å². The first-order valence-electron chi connectivity index (χ1n) is 8.13.